The van der Waals surface area contributed by atoms with Gasteiger partial charge in [-0.1, -0.05) is 25.4 Å². The number of aromatic nitrogens is 4. The molecule has 3 atom stereocenters. The molecule has 8 nitrogen and oxygen atoms in total. The molecule has 0 amide bonds. The largest absolute Gasteiger partial charge is 0.355 e. The Hall–Kier alpha value is -3.35. The molecule has 1 aliphatic heterocycles. The molecule has 3 aromatic heterocycles. The first-order chi connectivity index (χ1) is 18.9. The van der Waals surface area contributed by atoms with Gasteiger partial charge < -0.3 is 16.0 Å². The molecule has 0 bridgehead atoms. The Balaban J connectivity index is 1.91. The molecular formula is C27H28ClF4N7O. The quantitative estimate of drug-likeness (QED) is 0.445. The molecule has 2 aliphatic rings. The topological polar surface area (TPSA) is 102 Å². The lowest BCUT2D eigenvalue weighted by Gasteiger charge is -2.35. The van der Waals surface area contributed by atoms with E-state index in [-0.39, 0.29) is 28.8 Å². The van der Waals surface area contributed by atoms with Crippen molar-refractivity contribution < 1.29 is 17.6 Å². The SMILES string of the molecule is Cc1ccnc(C(C)C)c1-n1c(=O)nc(N2CCNC[C@@H]2C)c2cc(F)c(C3=C(F)C(N)C(F)C(F)=C3Cl)nc21. The molecule has 4 heterocycles. The Morgan fingerprint density at radius 1 is 1.20 bits per heavy atom. The molecule has 1 saturated heterocycles. The maximum Gasteiger partial charge on any atom is 0.355 e. The van der Waals surface area contributed by atoms with Gasteiger partial charge in [0.15, 0.2) is 23.5 Å². The number of hydrogen-bond acceptors (Lipinski definition) is 7. The van der Waals surface area contributed by atoms with Crippen molar-refractivity contribution in [2.24, 2.45) is 5.73 Å². The Labute approximate surface area is 232 Å². The van der Waals surface area contributed by atoms with Gasteiger partial charge in [-0.05, 0) is 37.5 Å². The molecule has 3 aromatic rings. The number of nitrogens with one attached hydrogen (secondary N) is 1. The third kappa shape index (κ3) is 4.47. The fourth-order valence-electron chi connectivity index (χ4n) is 5.16. The number of aryl methyl sites for hydroxylation is 1. The minimum Gasteiger partial charge on any atom is -0.351 e. The van der Waals surface area contributed by atoms with E-state index in [2.05, 4.69) is 20.3 Å². The van der Waals surface area contributed by atoms with Gasteiger partial charge in [0, 0.05) is 31.9 Å². The molecule has 3 N–H and O–H groups in total. The van der Waals surface area contributed by atoms with E-state index in [1.807, 2.05) is 25.7 Å². The molecule has 212 valence electrons. The highest BCUT2D eigenvalue weighted by atomic mass is 35.5. The van der Waals surface area contributed by atoms with Gasteiger partial charge >= 0.3 is 5.69 Å². The molecular weight excluding hydrogens is 550 g/mol. The summed E-state index contributed by atoms with van der Waals surface area (Å²) in [6.45, 7) is 9.17. The van der Waals surface area contributed by atoms with Crippen LogP contribution in [-0.2, 0) is 0 Å². The summed E-state index contributed by atoms with van der Waals surface area (Å²) in [5.74, 6) is -3.89. The van der Waals surface area contributed by atoms with Crippen molar-refractivity contribution in [3.63, 3.8) is 0 Å². The zero-order valence-electron chi connectivity index (χ0n) is 22.3. The fraction of sp³-hybridized carbons (Fsp3) is 0.407. The number of allylic oxidation sites excluding steroid dienone is 2. The highest BCUT2D eigenvalue weighted by molar-refractivity contribution is 6.37. The van der Waals surface area contributed by atoms with Crippen molar-refractivity contribution in [3.8, 4) is 5.69 Å². The zero-order chi connectivity index (χ0) is 29.0. The van der Waals surface area contributed by atoms with Gasteiger partial charge in [-0.25, -0.2) is 31.9 Å². The molecule has 1 aliphatic carbocycles. The van der Waals surface area contributed by atoms with E-state index in [1.54, 1.807) is 19.2 Å². The molecule has 0 radical (unpaired) electrons. The van der Waals surface area contributed by atoms with Gasteiger partial charge in [0.25, 0.3) is 0 Å². The summed E-state index contributed by atoms with van der Waals surface area (Å²) in [5, 5.41) is 2.44. The third-order valence-corrected chi connectivity index (χ3v) is 7.62. The van der Waals surface area contributed by atoms with Gasteiger partial charge in [0.1, 0.15) is 17.3 Å². The van der Waals surface area contributed by atoms with E-state index in [4.69, 9.17) is 17.3 Å². The number of rotatable bonds is 4. The number of piperazine rings is 1. The average molecular weight is 578 g/mol. The smallest absolute Gasteiger partial charge is 0.351 e. The molecule has 1 fully saturated rings. The first kappa shape index (κ1) is 28.2. The summed E-state index contributed by atoms with van der Waals surface area (Å²) in [6, 6.07) is 0.619. The predicted octanol–water partition coefficient (Wildman–Crippen LogP) is 4.32. The number of anilines is 1. The van der Waals surface area contributed by atoms with Crippen molar-refractivity contribution in [3.05, 3.63) is 68.3 Å². The van der Waals surface area contributed by atoms with Crippen LogP contribution in [0, 0.1) is 12.7 Å². The number of nitrogens with two attached hydrogens (primary N) is 1. The van der Waals surface area contributed by atoms with Crippen LogP contribution >= 0.6 is 11.6 Å². The minimum absolute atomic E-state index is 0.0729. The van der Waals surface area contributed by atoms with E-state index in [1.165, 1.54) is 4.57 Å². The molecule has 13 heteroatoms. The fourth-order valence-corrected chi connectivity index (χ4v) is 5.44. The average Bonchev–Trinajstić information content (AvgIpc) is 2.92. The van der Waals surface area contributed by atoms with Crippen molar-refractivity contribution in [1.82, 2.24) is 24.8 Å². The highest BCUT2D eigenvalue weighted by Gasteiger charge is 2.39. The number of nitrogens with zero attached hydrogens (tertiary/aromatic N) is 5. The normalized spacial score (nSPS) is 22.2. The molecule has 0 saturated carbocycles. The van der Waals surface area contributed by atoms with Crippen molar-refractivity contribution in [2.75, 3.05) is 24.5 Å². The van der Waals surface area contributed by atoms with Crippen LogP contribution in [0.4, 0.5) is 23.4 Å². The van der Waals surface area contributed by atoms with Gasteiger partial charge in [-0.3, -0.25) is 4.98 Å². The van der Waals surface area contributed by atoms with Crippen molar-refractivity contribution in [1.29, 1.82) is 0 Å². The number of hydrogen-bond donors (Lipinski definition) is 2. The van der Waals surface area contributed by atoms with Gasteiger partial charge in [0.05, 0.1) is 33.4 Å². The zero-order valence-corrected chi connectivity index (χ0v) is 23.0. The summed E-state index contributed by atoms with van der Waals surface area (Å²) in [6.07, 6.45) is -0.927. The molecule has 0 spiro atoms. The molecule has 5 rings (SSSR count). The van der Waals surface area contributed by atoms with Crippen LogP contribution in [0.15, 0.2) is 39.8 Å². The third-order valence-electron chi connectivity index (χ3n) is 7.25. The maximum atomic E-state index is 15.8. The number of alkyl halides is 1. The first-order valence-corrected chi connectivity index (χ1v) is 13.2. The van der Waals surface area contributed by atoms with Crippen LogP contribution < -0.4 is 21.6 Å². The van der Waals surface area contributed by atoms with Crippen molar-refractivity contribution in [2.45, 2.75) is 51.9 Å². The highest BCUT2D eigenvalue weighted by Crippen LogP contribution is 2.42. The molecule has 40 heavy (non-hydrogen) atoms. The van der Waals surface area contributed by atoms with E-state index in [9.17, 15) is 13.6 Å². The van der Waals surface area contributed by atoms with Crippen LogP contribution in [0.3, 0.4) is 0 Å². The second-order valence-corrected chi connectivity index (χ2v) is 10.7. The minimum atomic E-state index is -2.53. The van der Waals surface area contributed by atoms with Gasteiger partial charge in [-0.15, -0.1) is 0 Å². The van der Waals surface area contributed by atoms with Gasteiger partial charge in [-0.2, -0.15) is 4.98 Å². The summed E-state index contributed by atoms with van der Waals surface area (Å²) in [7, 11) is 0. The monoisotopic (exact) mass is 577 g/mol. The number of halogens is 5. The van der Waals surface area contributed by atoms with E-state index >= 15 is 8.78 Å². The van der Waals surface area contributed by atoms with Crippen LogP contribution in [0.5, 0.6) is 0 Å². The summed E-state index contributed by atoms with van der Waals surface area (Å²) in [4.78, 5) is 28.8. The molecule has 0 aromatic carbocycles. The lowest BCUT2D eigenvalue weighted by molar-refractivity contribution is 0.274. The van der Waals surface area contributed by atoms with Gasteiger partial charge in [0.2, 0.25) is 0 Å². The Kier molecular flexibility index (Phi) is 7.45. The second kappa shape index (κ2) is 10.6. The van der Waals surface area contributed by atoms with Crippen LogP contribution in [0.2, 0.25) is 0 Å². The second-order valence-electron chi connectivity index (χ2n) is 10.3. The van der Waals surface area contributed by atoms with Crippen LogP contribution in [0.1, 0.15) is 43.6 Å². The maximum absolute atomic E-state index is 15.8. The van der Waals surface area contributed by atoms with E-state index in [0.29, 0.717) is 36.6 Å². The molecule has 2 unspecified atom stereocenters. The van der Waals surface area contributed by atoms with E-state index < -0.39 is 51.7 Å². The summed E-state index contributed by atoms with van der Waals surface area (Å²) < 4.78 is 61.1. The first-order valence-electron chi connectivity index (χ1n) is 12.9. The number of fused-ring (bicyclic) bond motifs is 1. The summed E-state index contributed by atoms with van der Waals surface area (Å²) >= 11 is 6.00. The lowest BCUT2D eigenvalue weighted by Crippen LogP contribution is -2.50. The predicted molar refractivity (Wildman–Crippen MR) is 146 cm³/mol. The Morgan fingerprint density at radius 3 is 2.60 bits per heavy atom. The Bertz CT molecular complexity index is 1640. The van der Waals surface area contributed by atoms with Crippen LogP contribution in [-0.4, -0.2) is 57.4 Å². The standard InChI is InChI=1S/C27H28ClF4N7O/c1-11(2)22-24(12(3)5-6-35-22)39-26-14(25(37-27(39)40)38-8-7-34-10-13(38)4)9-15(29)23(36-26)16-17(28)19(31)20(32)21(33)18(16)30/h5-6,9,11,13,20-21,34H,7-8,10,33H2,1-4H3/t13-,20?,21?/m0/s1. The van der Waals surface area contributed by atoms with Crippen molar-refractivity contribution >= 4 is 34.0 Å². The Morgan fingerprint density at radius 2 is 1.93 bits per heavy atom. The lowest BCUT2D eigenvalue weighted by atomic mass is 9.96. The summed E-state index contributed by atoms with van der Waals surface area (Å²) in [5.41, 5.74) is 4.83. The van der Waals surface area contributed by atoms with Crippen LogP contribution in [0.25, 0.3) is 22.3 Å². The van der Waals surface area contributed by atoms with E-state index in [0.717, 1.165) is 6.07 Å². The number of pyridine rings is 2.